The maximum Gasteiger partial charge on any atom is 0.242 e. The first-order chi connectivity index (χ1) is 4.57. The number of nitrogens with one attached hydrogen (secondary N) is 1. The number of primary amides is 1. The van der Waals surface area contributed by atoms with Crippen LogP contribution in [0.1, 0.15) is 6.42 Å². The van der Waals surface area contributed by atoms with E-state index in [9.17, 15) is 9.59 Å². The van der Waals surface area contributed by atoms with E-state index >= 15 is 0 Å². The fourth-order valence-corrected chi connectivity index (χ4v) is 1.57. The van der Waals surface area contributed by atoms with Crippen molar-refractivity contribution >= 4 is 50.6 Å². The topological polar surface area (TPSA) is 72.2 Å². The Morgan fingerprint density at radius 1 is 1.70 bits per heavy atom. The maximum absolute atomic E-state index is 10.7. The quantitative estimate of drug-likeness (QED) is 0.439. The first-order valence-electron chi connectivity index (χ1n) is 2.40. The molecule has 4 nitrogen and oxygen atoms in total. The molecule has 0 fully saturated rings. The third-order valence-electron chi connectivity index (χ3n) is 0.758. The molecule has 0 saturated carbocycles. The van der Waals surface area contributed by atoms with Crippen LogP contribution in [-0.2, 0) is 9.59 Å². The number of carbonyl (C=O) groups excluding carboxylic acids is 2. The van der Waals surface area contributed by atoms with Gasteiger partial charge in [-0.3, -0.25) is 13.1 Å². The fraction of sp³-hybridized carbons (Fsp3) is 0.500. The lowest BCUT2D eigenvalue weighted by atomic mass is 10.3. The lowest BCUT2D eigenvalue weighted by Crippen LogP contribution is -2.28. The molecule has 1 atom stereocenters. The third-order valence-corrected chi connectivity index (χ3v) is 2.03. The molecule has 3 N–H and O–H groups in total. The zero-order valence-corrected chi connectivity index (χ0v) is 8.68. The van der Waals surface area contributed by atoms with E-state index in [1.807, 2.05) is 0 Å². The highest BCUT2D eigenvalue weighted by atomic mass is 127. The molecule has 0 bridgehead atoms. The van der Waals surface area contributed by atoms with Crippen LogP contribution in [0.5, 0.6) is 0 Å². The molecular formula is C4H6BrIN2O2. The van der Waals surface area contributed by atoms with Gasteiger partial charge in [0.2, 0.25) is 11.8 Å². The Morgan fingerprint density at radius 3 is 2.50 bits per heavy atom. The number of alkyl halides is 1. The fourth-order valence-electron chi connectivity index (χ4n) is 0.329. The van der Waals surface area contributed by atoms with Gasteiger partial charge in [-0.25, -0.2) is 0 Å². The number of carbonyl (C=O) groups is 2. The van der Waals surface area contributed by atoms with Crippen LogP contribution in [0, 0.1) is 0 Å². The summed E-state index contributed by atoms with van der Waals surface area (Å²) in [6.07, 6.45) is 0.0227. The molecule has 0 aromatic heterocycles. The molecule has 6 heteroatoms. The number of hydrogen-bond donors (Lipinski definition) is 2. The molecule has 58 valence electrons. The normalized spacial score (nSPS) is 12.2. The van der Waals surface area contributed by atoms with Crippen LogP contribution in [0.2, 0.25) is 0 Å². The van der Waals surface area contributed by atoms with Crippen molar-refractivity contribution in [2.75, 3.05) is 0 Å². The van der Waals surface area contributed by atoms with Crippen LogP contribution in [-0.4, -0.2) is 16.6 Å². The zero-order chi connectivity index (χ0) is 8.15. The zero-order valence-electron chi connectivity index (χ0n) is 4.93. The van der Waals surface area contributed by atoms with Gasteiger partial charge in [-0.05, 0) is 0 Å². The Bertz CT molecular complexity index is 152. The van der Waals surface area contributed by atoms with Gasteiger partial charge in [-0.2, -0.15) is 0 Å². The second-order valence-electron chi connectivity index (χ2n) is 1.60. The summed E-state index contributed by atoms with van der Waals surface area (Å²) in [7, 11) is 0. The summed E-state index contributed by atoms with van der Waals surface area (Å²) in [6, 6.07) is 0. The van der Waals surface area contributed by atoms with Crippen LogP contribution >= 0.6 is 38.8 Å². The Morgan fingerprint density at radius 2 is 2.20 bits per heavy atom. The standard InChI is InChI=1S/C4H6BrIN2O2/c5-2(1-3(7)9)4(10)8-6/h2H,1H2,(H2,7,9)(H,8,10). The average Bonchev–Trinajstić information content (AvgIpc) is 1.85. The molecular weight excluding hydrogens is 315 g/mol. The molecule has 0 aliphatic rings. The Kier molecular flexibility index (Phi) is 4.96. The Labute approximate surface area is 80.5 Å². The third kappa shape index (κ3) is 4.04. The maximum atomic E-state index is 10.7. The van der Waals surface area contributed by atoms with Gasteiger partial charge in [0.05, 0.1) is 22.9 Å². The van der Waals surface area contributed by atoms with Gasteiger partial charge in [0.25, 0.3) is 0 Å². The SMILES string of the molecule is NC(=O)CC(Br)C(=O)NI. The molecule has 0 aromatic carbocycles. The smallest absolute Gasteiger partial charge is 0.242 e. The first kappa shape index (κ1) is 10.2. The lowest BCUT2D eigenvalue weighted by molar-refractivity contribution is -0.123. The lowest BCUT2D eigenvalue weighted by Gasteiger charge is -2.02. The number of amides is 2. The van der Waals surface area contributed by atoms with E-state index in [4.69, 9.17) is 5.73 Å². The summed E-state index contributed by atoms with van der Waals surface area (Å²) in [5.74, 6) is -0.749. The monoisotopic (exact) mass is 320 g/mol. The first-order valence-corrected chi connectivity index (χ1v) is 4.40. The summed E-state index contributed by atoms with van der Waals surface area (Å²) < 4.78 is 2.35. The van der Waals surface area contributed by atoms with Crippen molar-refractivity contribution in [1.29, 1.82) is 0 Å². The van der Waals surface area contributed by atoms with Gasteiger partial charge < -0.3 is 5.73 Å². The van der Waals surface area contributed by atoms with Gasteiger partial charge in [0, 0.05) is 6.42 Å². The highest BCUT2D eigenvalue weighted by Crippen LogP contribution is 2.04. The number of halogens is 2. The minimum absolute atomic E-state index is 0.0227. The van der Waals surface area contributed by atoms with Crippen LogP contribution in [0.3, 0.4) is 0 Å². The van der Waals surface area contributed by atoms with E-state index < -0.39 is 10.7 Å². The van der Waals surface area contributed by atoms with E-state index in [1.165, 1.54) is 0 Å². The Balaban J connectivity index is 3.72. The van der Waals surface area contributed by atoms with Gasteiger partial charge in [-0.1, -0.05) is 15.9 Å². The molecule has 0 radical (unpaired) electrons. The predicted molar refractivity (Wildman–Crippen MR) is 48.7 cm³/mol. The van der Waals surface area contributed by atoms with E-state index in [1.54, 1.807) is 22.9 Å². The summed E-state index contributed by atoms with van der Waals surface area (Å²) in [4.78, 5) is 20.4. The van der Waals surface area contributed by atoms with Crippen LogP contribution in [0.4, 0.5) is 0 Å². The number of rotatable bonds is 3. The van der Waals surface area contributed by atoms with Crippen molar-refractivity contribution in [3.63, 3.8) is 0 Å². The van der Waals surface area contributed by atoms with Crippen LogP contribution in [0.15, 0.2) is 0 Å². The van der Waals surface area contributed by atoms with Crippen molar-refractivity contribution in [3.05, 3.63) is 0 Å². The minimum atomic E-state index is -0.512. The molecule has 0 heterocycles. The van der Waals surface area contributed by atoms with Gasteiger partial charge in [0.1, 0.15) is 4.83 Å². The van der Waals surface area contributed by atoms with Gasteiger partial charge in [0.15, 0.2) is 0 Å². The van der Waals surface area contributed by atoms with E-state index in [-0.39, 0.29) is 12.3 Å². The molecule has 0 aliphatic carbocycles. The molecule has 1 unspecified atom stereocenters. The van der Waals surface area contributed by atoms with Gasteiger partial charge in [-0.15, -0.1) is 0 Å². The second kappa shape index (κ2) is 4.89. The predicted octanol–water partition coefficient (Wildman–Crippen LogP) is 0.0915. The number of hydrogen-bond acceptors (Lipinski definition) is 2. The Hall–Kier alpha value is 0.150. The molecule has 0 spiro atoms. The molecule has 0 aliphatic heterocycles. The van der Waals surface area contributed by atoms with E-state index in [0.717, 1.165) is 0 Å². The van der Waals surface area contributed by atoms with Crippen molar-refractivity contribution in [1.82, 2.24) is 3.53 Å². The van der Waals surface area contributed by atoms with Crippen molar-refractivity contribution in [3.8, 4) is 0 Å². The van der Waals surface area contributed by atoms with E-state index in [2.05, 4.69) is 19.5 Å². The summed E-state index contributed by atoms with van der Waals surface area (Å²) in [5.41, 5.74) is 4.83. The molecule has 0 aromatic rings. The highest BCUT2D eigenvalue weighted by Gasteiger charge is 2.15. The summed E-state index contributed by atoms with van der Waals surface area (Å²) in [5, 5.41) is 0. The molecule has 10 heavy (non-hydrogen) atoms. The van der Waals surface area contributed by atoms with Crippen LogP contribution in [0.25, 0.3) is 0 Å². The highest BCUT2D eigenvalue weighted by molar-refractivity contribution is 14.1. The van der Waals surface area contributed by atoms with Crippen molar-refractivity contribution in [2.24, 2.45) is 5.73 Å². The average molecular weight is 321 g/mol. The molecule has 0 rings (SSSR count). The molecule has 2 amide bonds. The summed E-state index contributed by atoms with van der Waals surface area (Å²) >= 11 is 4.68. The largest absolute Gasteiger partial charge is 0.370 e. The van der Waals surface area contributed by atoms with Crippen molar-refractivity contribution < 1.29 is 9.59 Å². The second-order valence-corrected chi connectivity index (χ2v) is 3.24. The number of nitrogens with two attached hydrogens (primary N) is 1. The van der Waals surface area contributed by atoms with Crippen LogP contribution < -0.4 is 9.26 Å². The minimum Gasteiger partial charge on any atom is -0.370 e. The van der Waals surface area contributed by atoms with E-state index in [0.29, 0.717) is 0 Å². The molecule has 0 saturated heterocycles. The summed E-state index contributed by atoms with van der Waals surface area (Å²) in [6.45, 7) is 0. The van der Waals surface area contributed by atoms with Crippen molar-refractivity contribution in [2.45, 2.75) is 11.2 Å². The van der Waals surface area contributed by atoms with Gasteiger partial charge >= 0.3 is 0 Å².